The average Bonchev–Trinajstić information content (AvgIpc) is 3.23. The number of ether oxygens (including phenoxy) is 2. The van der Waals surface area contributed by atoms with Crippen LogP contribution in [-0.4, -0.2) is 30.9 Å². The van der Waals surface area contributed by atoms with Gasteiger partial charge >= 0.3 is 5.97 Å². The molecule has 180 valence electrons. The zero-order valence-corrected chi connectivity index (χ0v) is 20.2. The molecule has 1 heterocycles. The lowest BCUT2D eigenvalue weighted by Gasteiger charge is -2.17. The van der Waals surface area contributed by atoms with Gasteiger partial charge in [-0.3, -0.25) is 14.4 Å². The fourth-order valence-corrected chi connectivity index (χ4v) is 3.89. The van der Waals surface area contributed by atoms with Crippen molar-refractivity contribution in [3.63, 3.8) is 0 Å². The third-order valence-electron chi connectivity index (χ3n) is 5.68. The number of nitrogens with zero attached hydrogens (tertiary/aromatic N) is 1. The van der Waals surface area contributed by atoms with Crippen molar-refractivity contribution in [3.8, 4) is 11.5 Å². The first-order chi connectivity index (χ1) is 16.8. The van der Waals surface area contributed by atoms with Gasteiger partial charge in [-0.15, -0.1) is 0 Å². The lowest BCUT2D eigenvalue weighted by atomic mass is 10.1. The number of halogens is 1. The molecule has 35 heavy (non-hydrogen) atoms. The molecule has 3 aromatic rings. The number of carbonyl (C=O) groups excluding carboxylic acids is 3. The third-order valence-corrected chi connectivity index (χ3v) is 5.92. The smallest absolute Gasteiger partial charge is 0.311 e. The van der Waals surface area contributed by atoms with E-state index in [9.17, 15) is 14.4 Å². The maximum Gasteiger partial charge on any atom is 0.311 e. The molecule has 1 aliphatic rings. The average molecular weight is 493 g/mol. The van der Waals surface area contributed by atoms with E-state index in [1.54, 1.807) is 42.5 Å². The van der Waals surface area contributed by atoms with E-state index in [2.05, 4.69) is 5.32 Å². The van der Waals surface area contributed by atoms with Crippen LogP contribution in [0.3, 0.4) is 0 Å². The molecule has 0 radical (unpaired) electrons. The standard InChI is InChI=1S/C27H25ClN2O5/c1-17-3-9-22(10-4-17)35-23-11-7-21(8-12-23)30-15-19(13-26(30)32)27(33)34-16-25(31)29-24-14-20(28)6-5-18(24)2/h3-12,14,19H,13,15-16H2,1-2H3,(H,29,31)/t19-/m0/s1. The fourth-order valence-electron chi connectivity index (χ4n) is 3.72. The summed E-state index contributed by atoms with van der Waals surface area (Å²) in [5.41, 5.74) is 3.19. The number of anilines is 2. The van der Waals surface area contributed by atoms with Gasteiger partial charge in [0.25, 0.3) is 5.91 Å². The van der Waals surface area contributed by atoms with Gasteiger partial charge in [-0.2, -0.15) is 0 Å². The minimum Gasteiger partial charge on any atom is -0.457 e. The minimum atomic E-state index is -0.647. The summed E-state index contributed by atoms with van der Waals surface area (Å²) in [7, 11) is 0. The lowest BCUT2D eigenvalue weighted by molar-refractivity contribution is -0.151. The second-order valence-corrected chi connectivity index (χ2v) is 8.87. The molecule has 3 aromatic carbocycles. The first-order valence-corrected chi connectivity index (χ1v) is 11.5. The minimum absolute atomic E-state index is 0.0233. The number of benzene rings is 3. The maximum absolute atomic E-state index is 12.5. The molecule has 1 saturated heterocycles. The Morgan fingerprint density at radius 3 is 2.34 bits per heavy atom. The SMILES string of the molecule is Cc1ccc(Oc2ccc(N3C[C@@H](C(=O)OCC(=O)Nc4cc(Cl)ccc4C)CC3=O)cc2)cc1. The van der Waals surface area contributed by atoms with Gasteiger partial charge in [-0.1, -0.05) is 35.4 Å². The highest BCUT2D eigenvalue weighted by atomic mass is 35.5. The molecule has 2 amide bonds. The molecule has 7 nitrogen and oxygen atoms in total. The van der Waals surface area contributed by atoms with Crippen molar-refractivity contribution in [1.29, 1.82) is 0 Å². The van der Waals surface area contributed by atoms with Gasteiger partial charge in [0.15, 0.2) is 6.61 Å². The molecular formula is C27H25ClN2O5. The Morgan fingerprint density at radius 1 is 1.00 bits per heavy atom. The first kappa shape index (κ1) is 24.3. The summed E-state index contributed by atoms with van der Waals surface area (Å²) in [6.07, 6.45) is 0.0233. The van der Waals surface area contributed by atoms with Gasteiger partial charge in [0, 0.05) is 29.4 Å². The number of esters is 1. The van der Waals surface area contributed by atoms with Crippen molar-refractivity contribution in [2.75, 3.05) is 23.4 Å². The normalized spacial score (nSPS) is 15.1. The lowest BCUT2D eigenvalue weighted by Crippen LogP contribution is -2.28. The Morgan fingerprint density at radius 2 is 1.66 bits per heavy atom. The van der Waals surface area contributed by atoms with Gasteiger partial charge < -0.3 is 19.7 Å². The molecule has 0 saturated carbocycles. The molecule has 0 bridgehead atoms. The van der Waals surface area contributed by atoms with Crippen LogP contribution in [0.15, 0.2) is 66.7 Å². The Labute approximate surface area is 208 Å². The van der Waals surface area contributed by atoms with Gasteiger partial charge in [-0.25, -0.2) is 0 Å². The van der Waals surface area contributed by atoms with Crippen molar-refractivity contribution >= 4 is 40.8 Å². The number of amides is 2. The van der Waals surface area contributed by atoms with Crippen LogP contribution in [0.5, 0.6) is 11.5 Å². The Balaban J connectivity index is 1.30. The van der Waals surface area contributed by atoms with Crippen molar-refractivity contribution in [3.05, 3.63) is 82.9 Å². The summed E-state index contributed by atoms with van der Waals surface area (Å²) in [5.74, 6) is -0.531. The van der Waals surface area contributed by atoms with E-state index in [0.717, 1.165) is 16.9 Å². The van der Waals surface area contributed by atoms with Crippen LogP contribution in [0.1, 0.15) is 17.5 Å². The number of carbonyl (C=O) groups is 3. The number of hydrogen-bond donors (Lipinski definition) is 1. The zero-order valence-electron chi connectivity index (χ0n) is 19.4. The molecular weight excluding hydrogens is 468 g/mol. The highest BCUT2D eigenvalue weighted by Gasteiger charge is 2.36. The second-order valence-electron chi connectivity index (χ2n) is 8.43. The molecule has 1 aliphatic heterocycles. The van der Waals surface area contributed by atoms with E-state index in [1.165, 1.54) is 4.90 Å². The molecule has 0 unspecified atom stereocenters. The number of nitrogens with one attached hydrogen (secondary N) is 1. The largest absolute Gasteiger partial charge is 0.457 e. The molecule has 1 fully saturated rings. The van der Waals surface area contributed by atoms with E-state index in [4.69, 9.17) is 21.1 Å². The molecule has 0 aromatic heterocycles. The van der Waals surface area contributed by atoms with E-state index in [-0.39, 0.29) is 18.9 Å². The molecule has 0 aliphatic carbocycles. The van der Waals surface area contributed by atoms with Gasteiger partial charge in [0.2, 0.25) is 5.91 Å². The predicted octanol–water partition coefficient (Wildman–Crippen LogP) is 5.28. The van der Waals surface area contributed by atoms with Gasteiger partial charge in [0.05, 0.1) is 5.92 Å². The van der Waals surface area contributed by atoms with Crippen LogP contribution in [0.2, 0.25) is 5.02 Å². The summed E-state index contributed by atoms with van der Waals surface area (Å²) < 4.78 is 11.0. The second kappa shape index (κ2) is 10.6. The summed E-state index contributed by atoms with van der Waals surface area (Å²) in [6.45, 7) is 3.58. The predicted molar refractivity (Wildman–Crippen MR) is 134 cm³/mol. The van der Waals surface area contributed by atoms with Crippen LogP contribution < -0.4 is 15.0 Å². The highest BCUT2D eigenvalue weighted by molar-refractivity contribution is 6.31. The summed E-state index contributed by atoms with van der Waals surface area (Å²) in [6, 6.07) is 19.9. The molecule has 8 heteroatoms. The Hall–Kier alpha value is -3.84. The van der Waals surface area contributed by atoms with E-state index in [0.29, 0.717) is 22.1 Å². The number of rotatable bonds is 7. The van der Waals surface area contributed by atoms with Gasteiger partial charge in [-0.05, 0) is 67.9 Å². The van der Waals surface area contributed by atoms with Crippen LogP contribution >= 0.6 is 11.6 Å². The quantitative estimate of drug-likeness (QED) is 0.453. The fraction of sp³-hybridized carbons (Fsp3) is 0.222. The number of aryl methyl sites for hydroxylation is 2. The molecule has 1 atom stereocenters. The van der Waals surface area contributed by atoms with Crippen LogP contribution in [0, 0.1) is 19.8 Å². The van der Waals surface area contributed by atoms with Crippen molar-refractivity contribution in [2.24, 2.45) is 5.92 Å². The summed E-state index contributed by atoms with van der Waals surface area (Å²) in [5, 5.41) is 3.16. The van der Waals surface area contributed by atoms with E-state index < -0.39 is 24.4 Å². The Bertz CT molecular complexity index is 1240. The van der Waals surface area contributed by atoms with Crippen molar-refractivity contribution in [2.45, 2.75) is 20.3 Å². The van der Waals surface area contributed by atoms with Crippen molar-refractivity contribution < 1.29 is 23.9 Å². The topological polar surface area (TPSA) is 84.9 Å². The summed E-state index contributed by atoms with van der Waals surface area (Å²) in [4.78, 5) is 38.8. The third kappa shape index (κ3) is 6.19. The molecule has 1 N–H and O–H groups in total. The van der Waals surface area contributed by atoms with Crippen molar-refractivity contribution in [1.82, 2.24) is 0 Å². The monoisotopic (exact) mass is 492 g/mol. The Kier molecular flexibility index (Phi) is 7.36. The van der Waals surface area contributed by atoms with Gasteiger partial charge in [0.1, 0.15) is 11.5 Å². The van der Waals surface area contributed by atoms with Crippen LogP contribution in [-0.2, 0) is 19.1 Å². The van der Waals surface area contributed by atoms with Crippen LogP contribution in [0.25, 0.3) is 0 Å². The summed E-state index contributed by atoms with van der Waals surface area (Å²) >= 11 is 5.96. The highest BCUT2D eigenvalue weighted by Crippen LogP contribution is 2.29. The number of hydrogen-bond acceptors (Lipinski definition) is 5. The maximum atomic E-state index is 12.5. The zero-order chi connectivity index (χ0) is 24.9. The van der Waals surface area contributed by atoms with Crippen LogP contribution in [0.4, 0.5) is 11.4 Å². The first-order valence-electron chi connectivity index (χ1n) is 11.2. The van der Waals surface area contributed by atoms with E-state index >= 15 is 0 Å². The van der Waals surface area contributed by atoms with E-state index in [1.807, 2.05) is 38.1 Å². The molecule has 0 spiro atoms. The molecule has 4 rings (SSSR count).